The summed E-state index contributed by atoms with van der Waals surface area (Å²) in [7, 11) is 1.57. The Labute approximate surface area is 116 Å². The van der Waals surface area contributed by atoms with Crippen LogP contribution in [0.15, 0.2) is 24.4 Å². The number of aromatic nitrogens is 2. The van der Waals surface area contributed by atoms with E-state index in [1.54, 1.807) is 7.05 Å². The van der Waals surface area contributed by atoms with Crippen LogP contribution in [-0.4, -0.2) is 26.8 Å². The molecule has 2 aromatic rings. The Kier molecular flexibility index (Phi) is 3.56. The molecule has 20 heavy (non-hydrogen) atoms. The summed E-state index contributed by atoms with van der Waals surface area (Å²) in [4.78, 5) is 23.2. The van der Waals surface area contributed by atoms with Gasteiger partial charge in [0.15, 0.2) is 5.69 Å². The molecule has 0 saturated carbocycles. The molecule has 0 spiro atoms. The van der Waals surface area contributed by atoms with E-state index in [1.165, 1.54) is 10.9 Å². The SMILES string of the molecule is Cc1cc(C)cc(NC(=O)c2cn(C)nc2C(=O)O)c1. The van der Waals surface area contributed by atoms with E-state index in [1.807, 2.05) is 32.0 Å². The van der Waals surface area contributed by atoms with Gasteiger partial charge in [0.25, 0.3) is 5.91 Å². The van der Waals surface area contributed by atoms with Gasteiger partial charge in [0.1, 0.15) is 0 Å². The van der Waals surface area contributed by atoms with Crippen LogP contribution in [0.5, 0.6) is 0 Å². The molecular weight excluding hydrogens is 258 g/mol. The second kappa shape index (κ2) is 5.16. The first-order valence-electron chi connectivity index (χ1n) is 6.03. The van der Waals surface area contributed by atoms with Crippen LogP contribution in [0.25, 0.3) is 0 Å². The molecule has 0 aliphatic carbocycles. The molecule has 0 aliphatic rings. The molecule has 6 heteroatoms. The zero-order valence-electron chi connectivity index (χ0n) is 11.5. The molecule has 2 rings (SSSR count). The molecule has 0 fully saturated rings. The van der Waals surface area contributed by atoms with Crippen LogP contribution in [0.1, 0.15) is 32.0 Å². The number of nitrogens with one attached hydrogen (secondary N) is 1. The number of carbonyl (C=O) groups is 2. The Morgan fingerprint density at radius 1 is 1.20 bits per heavy atom. The van der Waals surface area contributed by atoms with Crippen LogP contribution in [0.4, 0.5) is 5.69 Å². The van der Waals surface area contributed by atoms with E-state index < -0.39 is 11.9 Å². The Balaban J connectivity index is 2.30. The molecule has 0 bridgehead atoms. The fourth-order valence-electron chi connectivity index (χ4n) is 2.06. The maximum absolute atomic E-state index is 12.1. The number of aromatic carboxylic acids is 1. The summed E-state index contributed by atoms with van der Waals surface area (Å²) in [6, 6.07) is 5.63. The molecule has 1 heterocycles. The minimum absolute atomic E-state index is 0.0409. The lowest BCUT2D eigenvalue weighted by atomic mass is 10.1. The predicted octanol–water partition coefficient (Wildman–Crippen LogP) is 1.99. The first-order chi connectivity index (χ1) is 9.36. The number of carboxylic acids is 1. The number of hydrogen-bond acceptors (Lipinski definition) is 3. The van der Waals surface area contributed by atoms with Gasteiger partial charge in [-0.2, -0.15) is 5.10 Å². The van der Waals surface area contributed by atoms with Crippen LogP contribution in [0.2, 0.25) is 0 Å². The highest BCUT2D eigenvalue weighted by Gasteiger charge is 2.21. The fraction of sp³-hybridized carbons (Fsp3) is 0.214. The molecule has 2 N–H and O–H groups in total. The van der Waals surface area contributed by atoms with E-state index in [4.69, 9.17) is 5.11 Å². The smallest absolute Gasteiger partial charge is 0.357 e. The molecule has 0 atom stereocenters. The molecule has 1 amide bonds. The third-order valence-corrected chi connectivity index (χ3v) is 2.76. The zero-order chi connectivity index (χ0) is 14.9. The molecule has 1 aromatic heterocycles. The minimum Gasteiger partial charge on any atom is -0.476 e. The molecular formula is C14H15N3O3. The number of carbonyl (C=O) groups excluding carboxylic acids is 1. The first-order valence-corrected chi connectivity index (χ1v) is 6.03. The number of rotatable bonds is 3. The average molecular weight is 273 g/mol. The van der Waals surface area contributed by atoms with Crippen molar-refractivity contribution in [2.45, 2.75) is 13.8 Å². The van der Waals surface area contributed by atoms with Gasteiger partial charge in [-0.1, -0.05) is 6.07 Å². The van der Waals surface area contributed by atoms with Crippen LogP contribution in [-0.2, 0) is 7.05 Å². The highest BCUT2D eigenvalue weighted by Crippen LogP contribution is 2.16. The Morgan fingerprint density at radius 3 is 2.35 bits per heavy atom. The Bertz CT molecular complexity index is 669. The highest BCUT2D eigenvalue weighted by molar-refractivity contribution is 6.09. The molecule has 1 aromatic carbocycles. The van der Waals surface area contributed by atoms with E-state index in [0.717, 1.165) is 11.1 Å². The Morgan fingerprint density at radius 2 is 1.80 bits per heavy atom. The van der Waals surface area contributed by atoms with Crippen LogP contribution < -0.4 is 5.32 Å². The number of amides is 1. The van der Waals surface area contributed by atoms with Gasteiger partial charge in [-0.05, 0) is 37.1 Å². The van der Waals surface area contributed by atoms with E-state index in [-0.39, 0.29) is 11.3 Å². The number of anilines is 1. The van der Waals surface area contributed by atoms with Crippen molar-refractivity contribution >= 4 is 17.6 Å². The van der Waals surface area contributed by atoms with Gasteiger partial charge in [0.05, 0.1) is 5.56 Å². The summed E-state index contributed by atoms with van der Waals surface area (Å²) in [5.74, 6) is -1.71. The van der Waals surface area contributed by atoms with Gasteiger partial charge in [-0.3, -0.25) is 9.48 Å². The zero-order valence-corrected chi connectivity index (χ0v) is 11.5. The maximum Gasteiger partial charge on any atom is 0.357 e. The van der Waals surface area contributed by atoms with Gasteiger partial charge in [0, 0.05) is 18.9 Å². The van der Waals surface area contributed by atoms with Crippen LogP contribution >= 0.6 is 0 Å². The molecule has 104 valence electrons. The lowest BCUT2D eigenvalue weighted by Crippen LogP contribution is -2.15. The topological polar surface area (TPSA) is 84.2 Å². The summed E-state index contributed by atoms with van der Waals surface area (Å²) in [5, 5.41) is 15.5. The summed E-state index contributed by atoms with van der Waals surface area (Å²) >= 11 is 0. The summed E-state index contributed by atoms with van der Waals surface area (Å²) in [6.07, 6.45) is 1.39. The molecule has 0 aliphatic heterocycles. The lowest BCUT2D eigenvalue weighted by molar-refractivity contribution is 0.0685. The third-order valence-electron chi connectivity index (χ3n) is 2.76. The third kappa shape index (κ3) is 2.85. The van der Waals surface area contributed by atoms with E-state index in [2.05, 4.69) is 10.4 Å². The lowest BCUT2D eigenvalue weighted by Gasteiger charge is -2.06. The summed E-state index contributed by atoms with van der Waals surface area (Å²) in [6.45, 7) is 3.85. The van der Waals surface area contributed by atoms with Crippen molar-refractivity contribution in [1.29, 1.82) is 0 Å². The van der Waals surface area contributed by atoms with Crippen molar-refractivity contribution in [1.82, 2.24) is 9.78 Å². The van der Waals surface area contributed by atoms with E-state index >= 15 is 0 Å². The number of hydrogen-bond donors (Lipinski definition) is 2. The average Bonchev–Trinajstić information content (AvgIpc) is 2.70. The number of benzene rings is 1. The summed E-state index contributed by atoms with van der Waals surface area (Å²) in [5.41, 5.74) is 2.45. The normalized spacial score (nSPS) is 10.3. The minimum atomic E-state index is -1.23. The van der Waals surface area contributed by atoms with Gasteiger partial charge in [0.2, 0.25) is 0 Å². The van der Waals surface area contributed by atoms with Crippen LogP contribution in [0, 0.1) is 13.8 Å². The molecule has 0 radical (unpaired) electrons. The van der Waals surface area contributed by atoms with E-state index in [9.17, 15) is 9.59 Å². The van der Waals surface area contributed by atoms with Crippen molar-refractivity contribution < 1.29 is 14.7 Å². The monoisotopic (exact) mass is 273 g/mol. The van der Waals surface area contributed by atoms with E-state index in [0.29, 0.717) is 5.69 Å². The highest BCUT2D eigenvalue weighted by atomic mass is 16.4. The van der Waals surface area contributed by atoms with Gasteiger partial charge < -0.3 is 10.4 Å². The van der Waals surface area contributed by atoms with Crippen molar-refractivity contribution in [2.24, 2.45) is 7.05 Å². The standard InChI is InChI=1S/C14H15N3O3/c1-8-4-9(2)6-10(5-8)15-13(18)11-7-17(3)16-12(11)14(19)20/h4-7H,1-3H3,(H,15,18)(H,19,20). The van der Waals surface area contributed by atoms with Crippen LogP contribution in [0.3, 0.4) is 0 Å². The second-order valence-electron chi connectivity index (χ2n) is 4.70. The second-order valence-corrected chi connectivity index (χ2v) is 4.70. The predicted molar refractivity (Wildman–Crippen MR) is 74.0 cm³/mol. The largest absolute Gasteiger partial charge is 0.476 e. The molecule has 0 saturated heterocycles. The van der Waals surface area contributed by atoms with Crippen molar-refractivity contribution in [3.05, 3.63) is 46.8 Å². The molecule has 6 nitrogen and oxygen atoms in total. The number of aryl methyl sites for hydroxylation is 3. The quantitative estimate of drug-likeness (QED) is 0.895. The van der Waals surface area contributed by atoms with Gasteiger partial charge >= 0.3 is 5.97 Å². The van der Waals surface area contributed by atoms with Gasteiger partial charge in [-0.15, -0.1) is 0 Å². The summed E-state index contributed by atoms with van der Waals surface area (Å²) < 4.78 is 1.31. The van der Waals surface area contributed by atoms with Crippen molar-refractivity contribution in [3.63, 3.8) is 0 Å². The fourth-order valence-corrected chi connectivity index (χ4v) is 2.06. The molecule has 0 unspecified atom stereocenters. The Hall–Kier alpha value is -2.63. The van der Waals surface area contributed by atoms with Crippen molar-refractivity contribution in [2.75, 3.05) is 5.32 Å². The number of carboxylic acid groups (broad SMARTS) is 1. The number of nitrogens with zero attached hydrogens (tertiary/aromatic N) is 2. The van der Waals surface area contributed by atoms with Gasteiger partial charge in [-0.25, -0.2) is 4.79 Å². The first kappa shape index (κ1) is 13.8. The van der Waals surface area contributed by atoms with Crippen molar-refractivity contribution in [3.8, 4) is 0 Å². The maximum atomic E-state index is 12.1.